The lowest BCUT2D eigenvalue weighted by Gasteiger charge is -2.33. The van der Waals surface area contributed by atoms with Gasteiger partial charge in [-0.25, -0.2) is 0 Å². The summed E-state index contributed by atoms with van der Waals surface area (Å²) >= 11 is 7.33. The van der Waals surface area contributed by atoms with Gasteiger partial charge in [0.2, 0.25) is 11.8 Å². The lowest BCUT2D eigenvalue weighted by Crippen LogP contribution is -2.48. The Balaban J connectivity index is 2.04. The third-order valence-corrected chi connectivity index (χ3v) is 6.41. The van der Waals surface area contributed by atoms with Crippen LogP contribution in [0.15, 0.2) is 41.8 Å². The monoisotopic (exact) mass is 472 g/mol. The minimum Gasteiger partial charge on any atom is -0.351 e. The highest BCUT2D eigenvalue weighted by Gasteiger charge is 2.38. The fourth-order valence-electron chi connectivity index (χ4n) is 3.77. The van der Waals surface area contributed by atoms with Gasteiger partial charge in [-0.1, -0.05) is 31.4 Å². The summed E-state index contributed by atoms with van der Waals surface area (Å²) in [6.45, 7) is 1.44. The van der Waals surface area contributed by atoms with Crippen molar-refractivity contribution in [3.63, 3.8) is 0 Å². The van der Waals surface area contributed by atoms with Crippen LogP contribution in [0.25, 0.3) is 0 Å². The fourth-order valence-corrected chi connectivity index (χ4v) is 4.69. The molecule has 1 aromatic carbocycles. The van der Waals surface area contributed by atoms with Crippen LogP contribution in [0.4, 0.5) is 18.9 Å². The largest absolute Gasteiger partial charge is 0.416 e. The molecule has 1 N–H and O–H groups in total. The zero-order chi connectivity index (χ0) is 22.6. The van der Waals surface area contributed by atoms with E-state index in [1.54, 1.807) is 17.5 Å². The van der Waals surface area contributed by atoms with Crippen LogP contribution in [0.1, 0.15) is 55.5 Å². The highest BCUT2D eigenvalue weighted by atomic mass is 35.5. The van der Waals surface area contributed by atoms with Crippen LogP contribution >= 0.6 is 22.9 Å². The average molecular weight is 473 g/mol. The molecule has 1 fully saturated rings. The van der Waals surface area contributed by atoms with Crippen molar-refractivity contribution in [3.8, 4) is 0 Å². The highest BCUT2D eigenvalue weighted by molar-refractivity contribution is 7.10. The molecule has 0 radical (unpaired) electrons. The Hall–Kier alpha value is -2.06. The first kappa shape index (κ1) is 23.6. The van der Waals surface area contributed by atoms with Crippen LogP contribution in [0, 0.1) is 0 Å². The summed E-state index contributed by atoms with van der Waals surface area (Å²) in [6, 6.07) is 6.73. The molecule has 2 atom stereocenters. The highest BCUT2D eigenvalue weighted by Crippen LogP contribution is 2.36. The molecular formula is C22H24ClF3N2O2S. The summed E-state index contributed by atoms with van der Waals surface area (Å²) in [5.41, 5.74) is -0.924. The van der Waals surface area contributed by atoms with Crippen molar-refractivity contribution in [3.05, 3.63) is 52.2 Å². The molecule has 1 heterocycles. The van der Waals surface area contributed by atoms with Crippen LogP contribution in [0.3, 0.4) is 0 Å². The van der Waals surface area contributed by atoms with Crippen LogP contribution < -0.4 is 10.2 Å². The Morgan fingerprint density at radius 3 is 2.45 bits per heavy atom. The Morgan fingerprint density at radius 1 is 1.16 bits per heavy atom. The number of hydrogen-bond acceptors (Lipinski definition) is 3. The number of benzene rings is 1. The number of rotatable bonds is 6. The molecule has 1 unspecified atom stereocenters. The summed E-state index contributed by atoms with van der Waals surface area (Å²) in [4.78, 5) is 28.1. The van der Waals surface area contributed by atoms with Crippen molar-refractivity contribution in [1.82, 2.24) is 5.32 Å². The summed E-state index contributed by atoms with van der Waals surface area (Å²) in [6.07, 6.45) is 0.214. The SMILES string of the molecule is C[C@H](Cl)C(=O)N(c1cccc(C(F)(F)F)c1)C(C(=O)NC1CCCCC1)c1cccs1. The molecule has 3 rings (SSSR count). The molecule has 0 bridgehead atoms. The maximum Gasteiger partial charge on any atom is 0.416 e. The Kier molecular flexibility index (Phi) is 7.64. The van der Waals surface area contributed by atoms with Crippen LogP contribution in [-0.2, 0) is 15.8 Å². The third kappa shape index (κ3) is 5.80. The van der Waals surface area contributed by atoms with E-state index in [0.717, 1.165) is 49.1 Å². The van der Waals surface area contributed by atoms with E-state index < -0.39 is 35.0 Å². The standard InChI is InChI=1S/C22H24ClF3N2O2S/c1-14(23)21(30)28(17-10-5-7-15(13-17)22(24,25)26)19(18-11-6-12-31-18)20(29)27-16-8-3-2-4-9-16/h5-7,10-14,16,19H,2-4,8-9H2,1H3,(H,27,29)/t14-,19?/m0/s1. The fraction of sp³-hybridized carbons (Fsp3) is 0.455. The number of carbonyl (C=O) groups is 2. The van der Waals surface area contributed by atoms with Crippen LogP contribution in [0.2, 0.25) is 0 Å². The topological polar surface area (TPSA) is 49.4 Å². The first-order valence-corrected chi connectivity index (χ1v) is 11.5. The summed E-state index contributed by atoms with van der Waals surface area (Å²) in [7, 11) is 0. The van der Waals surface area contributed by atoms with Crippen LogP contribution in [0.5, 0.6) is 0 Å². The minimum atomic E-state index is -4.58. The number of alkyl halides is 4. The number of amides is 2. The lowest BCUT2D eigenvalue weighted by molar-refractivity contribution is -0.137. The van der Waals surface area contributed by atoms with E-state index in [4.69, 9.17) is 11.6 Å². The molecule has 2 amide bonds. The van der Waals surface area contributed by atoms with E-state index in [-0.39, 0.29) is 11.7 Å². The predicted octanol–water partition coefficient (Wildman–Crippen LogP) is 5.92. The molecule has 1 aromatic heterocycles. The maximum absolute atomic E-state index is 13.4. The van der Waals surface area contributed by atoms with E-state index in [9.17, 15) is 22.8 Å². The van der Waals surface area contributed by atoms with E-state index in [1.165, 1.54) is 30.4 Å². The van der Waals surface area contributed by atoms with Gasteiger partial charge in [-0.3, -0.25) is 14.5 Å². The van der Waals surface area contributed by atoms with Gasteiger partial charge in [0, 0.05) is 16.6 Å². The number of anilines is 1. The van der Waals surface area contributed by atoms with Crippen molar-refractivity contribution in [1.29, 1.82) is 0 Å². The number of carbonyl (C=O) groups excluding carboxylic acids is 2. The van der Waals surface area contributed by atoms with Gasteiger partial charge >= 0.3 is 6.18 Å². The van der Waals surface area contributed by atoms with Gasteiger partial charge in [0.05, 0.1) is 5.56 Å². The summed E-state index contributed by atoms with van der Waals surface area (Å²) < 4.78 is 40.0. The third-order valence-electron chi connectivity index (χ3n) is 5.30. The van der Waals surface area contributed by atoms with E-state index >= 15 is 0 Å². The Morgan fingerprint density at radius 2 is 1.87 bits per heavy atom. The normalized spacial score (nSPS) is 17.1. The van der Waals surface area contributed by atoms with Gasteiger partial charge in [0.15, 0.2) is 0 Å². The van der Waals surface area contributed by atoms with Crippen LogP contribution in [-0.4, -0.2) is 23.2 Å². The minimum absolute atomic E-state index is 0.0180. The number of nitrogens with zero attached hydrogens (tertiary/aromatic N) is 1. The molecule has 1 aliphatic rings. The first-order chi connectivity index (χ1) is 14.7. The lowest BCUT2D eigenvalue weighted by atomic mass is 9.95. The van der Waals surface area contributed by atoms with Gasteiger partial charge < -0.3 is 5.32 Å². The van der Waals surface area contributed by atoms with Crippen molar-refractivity contribution in [2.24, 2.45) is 0 Å². The second kappa shape index (κ2) is 10.0. The zero-order valence-corrected chi connectivity index (χ0v) is 18.6. The average Bonchev–Trinajstić information content (AvgIpc) is 3.25. The molecule has 1 saturated carbocycles. The number of thiophene rings is 1. The van der Waals surface area contributed by atoms with Crippen molar-refractivity contribution in [2.75, 3.05) is 4.90 Å². The van der Waals surface area contributed by atoms with Crippen molar-refractivity contribution in [2.45, 2.75) is 62.7 Å². The molecule has 31 heavy (non-hydrogen) atoms. The molecule has 4 nitrogen and oxygen atoms in total. The van der Waals surface area contributed by atoms with Gasteiger partial charge in [0.25, 0.3) is 0 Å². The molecular weight excluding hydrogens is 449 g/mol. The van der Waals surface area contributed by atoms with Gasteiger partial charge in [-0.15, -0.1) is 22.9 Å². The second-order valence-corrected chi connectivity index (χ2v) is 9.27. The smallest absolute Gasteiger partial charge is 0.351 e. The van der Waals surface area contributed by atoms with Crippen molar-refractivity contribution < 1.29 is 22.8 Å². The van der Waals surface area contributed by atoms with Crippen molar-refractivity contribution >= 4 is 40.4 Å². The quantitative estimate of drug-likeness (QED) is 0.531. The van der Waals surface area contributed by atoms with E-state index in [0.29, 0.717) is 4.88 Å². The first-order valence-electron chi connectivity index (χ1n) is 10.2. The maximum atomic E-state index is 13.4. The summed E-state index contributed by atoms with van der Waals surface area (Å²) in [5.74, 6) is -1.06. The molecule has 0 spiro atoms. The van der Waals surface area contributed by atoms with E-state index in [2.05, 4.69) is 5.32 Å². The number of hydrogen-bond donors (Lipinski definition) is 1. The second-order valence-electron chi connectivity index (χ2n) is 7.63. The molecule has 2 aromatic rings. The van der Waals surface area contributed by atoms with E-state index in [1.807, 2.05) is 0 Å². The molecule has 1 aliphatic carbocycles. The summed E-state index contributed by atoms with van der Waals surface area (Å²) in [5, 5.41) is 3.74. The molecule has 9 heteroatoms. The van der Waals surface area contributed by atoms with Gasteiger partial charge in [0.1, 0.15) is 11.4 Å². The Bertz CT molecular complexity index is 896. The van der Waals surface area contributed by atoms with Gasteiger partial charge in [-0.2, -0.15) is 13.2 Å². The molecule has 0 aliphatic heterocycles. The number of halogens is 4. The number of nitrogens with one attached hydrogen (secondary N) is 1. The zero-order valence-electron chi connectivity index (χ0n) is 17.0. The molecule has 168 valence electrons. The van der Waals surface area contributed by atoms with Gasteiger partial charge in [-0.05, 0) is 49.4 Å². The molecule has 0 saturated heterocycles. The Labute approximate surface area is 188 Å². The predicted molar refractivity (Wildman–Crippen MR) is 116 cm³/mol.